The van der Waals surface area contributed by atoms with Gasteiger partial charge in [0.1, 0.15) is 0 Å². The first-order chi connectivity index (χ1) is 15.0. The zero-order chi connectivity index (χ0) is 21.6. The quantitative estimate of drug-likeness (QED) is 0.343. The molecule has 1 aliphatic heterocycles. The molecule has 1 saturated carbocycles. The molecular formula is C21H30FN7O2. The van der Waals surface area contributed by atoms with Crippen LogP contribution in [-0.4, -0.2) is 55.5 Å². The number of nitrogens with one attached hydrogen (secondary N) is 3. The fourth-order valence-corrected chi connectivity index (χ4v) is 4.07. The molecule has 0 unspecified atom stereocenters. The van der Waals surface area contributed by atoms with Crippen LogP contribution in [-0.2, 0) is 0 Å². The molecule has 2 fully saturated rings. The van der Waals surface area contributed by atoms with E-state index in [4.69, 9.17) is 0 Å². The average molecular weight is 432 g/mol. The van der Waals surface area contributed by atoms with Gasteiger partial charge < -0.3 is 26.3 Å². The Morgan fingerprint density at radius 1 is 0.839 bits per heavy atom. The molecule has 0 radical (unpaired) electrons. The summed E-state index contributed by atoms with van der Waals surface area (Å²) in [6.07, 6.45) is 8.59. The number of rotatable bonds is 6. The number of hydrogen-bond donors (Lipinski definition) is 5. The van der Waals surface area contributed by atoms with E-state index in [-0.39, 0.29) is 6.04 Å². The molecule has 0 spiro atoms. The summed E-state index contributed by atoms with van der Waals surface area (Å²) in [7, 11) is 0. The fourth-order valence-electron chi connectivity index (χ4n) is 4.07. The Bertz CT molecular complexity index is 869. The van der Waals surface area contributed by atoms with E-state index in [9.17, 15) is 14.7 Å². The van der Waals surface area contributed by atoms with Gasteiger partial charge in [-0.15, -0.1) is 0 Å². The number of aromatic nitrogens is 3. The van der Waals surface area contributed by atoms with Crippen molar-refractivity contribution in [2.45, 2.75) is 63.5 Å². The van der Waals surface area contributed by atoms with Crippen LogP contribution < -0.4 is 16.0 Å². The number of hydroxylamine groups is 2. The van der Waals surface area contributed by atoms with Gasteiger partial charge in [0.05, 0.1) is 0 Å². The lowest BCUT2D eigenvalue weighted by Gasteiger charge is -2.28. The lowest BCUT2D eigenvalue weighted by Crippen LogP contribution is -2.37. The van der Waals surface area contributed by atoms with Crippen LogP contribution in [0.25, 0.3) is 0 Å². The standard InChI is InChI=1S/C21H30FN7O2/c22-17-13-16(7-8-18(17)30)25-21-27-19(23-14-5-3-1-2-4-6-14)26-20(28-21)24-15-9-11-29(31)12-10-15/h7-8,13-15,30-31H,1-6,9-12H2,(H3,23,24,25,26,27,28). The summed E-state index contributed by atoms with van der Waals surface area (Å²) in [6.45, 7) is 1.18. The lowest BCUT2D eigenvalue weighted by molar-refractivity contribution is -0.105. The van der Waals surface area contributed by atoms with E-state index in [2.05, 4.69) is 30.9 Å². The minimum atomic E-state index is -0.718. The van der Waals surface area contributed by atoms with Crippen LogP contribution in [0.1, 0.15) is 51.4 Å². The summed E-state index contributed by atoms with van der Waals surface area (Å²) < 4.78 is 13.7. The molecule has 0 bridgehead atoms. The summed E-state index contributed by atoms with van der Waals surface area (Å²) in [5, 5.41) is 30.1. The molecule has 168 valence electrons. The van der Waals surface area contributed by atoms with Crippen molar-refractivity contribution >= 4 is 23.5 Å². The Morgan fingerprint density at radius 2 is 1.42 bits per heavy atom. The number of hydrogen-bond acceptors (Lipinski definition) is 9. The van der Waals surface area contributed by atoms with Gasteiger partial charge in [-0.05, 0) is 37.8 Å². The second-order valence-corrected chi connectivity index (χ2v) is 8.30. The lowest BCUT2D eigenvalue weighted by atomic mass is 10.1. The van der Waals surface area contributed by atoms with E-state index in [1.54, 1.807) is 6.07 Å². The molecule has 4 rings (SSSR count). The van der Waals surface area contributed by atoms with Crippen molar-refractivity contribution in [1.82, 2.24) is 20.0 Å². The van der Waals surface area contributed by atoms with Crippen LogP contribution in [0.3, 0.4) is 0 Å². The van der Waals surface area contributed by atoms with Crippen molar-refractivity contribution in [2.24, 2.45) is 0 Å². The normalized spacial score (nSPS) is 19.0. The predicted octanol–water partition coefficient (Wildman–Crippen LogP) is 3.86. The highest BCUT2D eigenvalue weighted by Crippen LogP contribution is 2.24. The maximum atomic E-state index is 13.7. The predicted molar refractivity (Wildman–Crippen MR) is 116 cm³/mol. The summed E-state index contributed by atoms with van der Waals surface area (Å²) in [4.78, 5) is 13.5. The molecule has 10 heteroatoms. The van der Waals surface area contributed by atoms with Crippen molar-refractivity contribution in [2.75, 3.05) is 29.0 Å². The van der Waals surface area contributed by atoms with E-state index >= 15 is 0 Å². The van der Waals surface area contributed by atoms with E-state index in [0.29, 0.717) is 42.7 Å². The SMILES string of the molecule is Oc1ccc(Nc2nc(NC3CCCCCC3)nc(NC3CCN(O)CC3)n2)cc1F. The topological polar surface area (TPSA) is 118 Å². The number of nitrogens with zero attached hydrogens (tertiary/aromatic N) is 4. The molecule has 1 aromatic heterocycles. The van der Waals surface area contributed by atoms with Crippen LogP contribution in [0, 0.1) is 5.82 Å². The monoisotopic (exact) mass is 431 g/mol. The number of anilines is 4. The van der Waals surface area contributed by atoms with Crippen molar-refractivity contribution < 1.29 is 14.7 Å². The number of phenolic OH excluding ortho intramolecular Hbond substituents is 1. The summed E-state index contributed by atoms with van der Waals surface area (Å²) in [5.74, 6) is 0.0766. The highest BCUT2D eigenvalue weighted by atomic mass is 19.1. The molecule has 0 amide bonds. The van der Waals surface area contributed by atoms with Crippen LogP contribution >= 0.6 is 0 Å². The average Bonchev–Trinajstić information content (AvgIpc) is 3.01. The van der Waals surface area contributed by atoms with Gasteiger partial charge in [-0.25, -0.2) is 4.39 Å². The third kappa shape index (κ3) is 6.14. The van der Waals surface area contributed by atoms with Gasteiger partial charge in [0.15, 0.2) is 11.6 Å². The molecule has 31 heavy (non-hydrogen) atoms. The third-order valence-electron chi connectivity index (χ3n) is 5.83. The number of phenols is 1. The molecule has 2 heterocycles. The van der Waals surface area contributed by atoms with Crippen molar-refractivity contribution in [1.29, 1.82) is 0 Å². The highest BCUT2D eigenvalue weighted by molar-refractivity contribution is 5.57. The summed E-state index contributed by atoms with van der Waals surface area (Å²) in [5.41, 5.74) is 0.432. The Labute approximate surface area is 181 Å². The van der Waals surface area contributed by atoms with Gasteiger partial charge in [0.2, 0.25) is 17.8 Å². The maximum absolute atomic E-state index is 13.7. The number of benzene rings is 1. The number of halogens is 1. The highest BCUT2D eigenvalue weighted by Gasteiger charge is 2.20. The second kappa shape index (κ2) is 10.1. The van der Waals surface area contributed by atoms with Crippen molar-refractivity contribution in [3.63, 3.8) is 0 Å². The molecular weight excluding hydrogens is 401 g/mol. The number of piperidine rings is 1. The molecule has 2 aromatic rings. The van der Waals surface area contributed by atoms with E-state index in [1.807, 2.05) is 0 Å². The Hall–Kier alpha value is -2.72. The van der Waals surface area contributed by atoms with Gasteiger partial charge in [-0.3, -0.25) is 0 Å². The largest absolute Gasteiger partial charge is 0.505 e. The minimum absolute atomic E-state index is 0.149. The van der Waals surface area contributed by atoms with Gasteiger partial charge in [-0.1, -0.05) is 25.7 Å². The molecule has 0 atom stereocenters. The third-order valence-corrected chi connectivity index (χ3v) is 5.83. The summed E-state index contributed by atoms with van der Waals surface area (Å²) >= 11 is 0. The zero-order valence-electron chi connectivity index (χ0n) is 17.5. The summed E-state index contributed by atoms with van der Waals surface area (Å²) in [6, 6.07) is 4.50. The van der Waals surface area contributed by atoms with E-state index in [0.717, 1.165) is 25.7 Å². The van der Waals surface area contributed by atoms with Gasteiger partial charge >= 0.3 is 0 Å². The first-order valence-corrected chi connectivity index (χ1v) is 11.0. The van der Waals surface area contributed by atoms with E-state index < -0.39 is 11.6 Å². The fraction of sp³-hybridized carbons (Fsp3) is 0.571. The van der Waals surface area contributed by atoms with E-state index in [1.165, 1.54) is 42.9 Å². The zero-order valence-corrected chi connectivity index (χ0v) is 17.5. The molecule has 2 aliphatic rings. The minimum Gasteiger partial charge on any atom is -0.505 e. The Morgan fingerprint density at radius 3 is 2.03 bits per heavy atom. The molecule has 1 aromatic carbocycles. The van der Waals surface area contributed by atoms with Crippen LogP contribution in [0.5, 0.6) is 5.75 Å². The van der Waals surface area contributed by atoms with Crippen LogP contribution in [0.4, 0.5) is 27.9 Å². The molecule has 9 nitrogen and oxygen atoms in total. The molecule has 1 aliphatic carbocycles. The van der Waals surface area contributed by atoms with Gasteiger partial charge in [-0.2, -0.15) is 20.0 Å². The van der Waals surface area contributed by atoms with Crippen molar-refractivity contribution in [3.05, 3.63) is 24.0 Å². The first kappa shape index (κ1) is 21.5. The van der Waals surface area contributed by atoms with Gasteiger partial charge in [0, 0.05) is 36.9 Å². The molecule has 1 saturated heterocycles. The molecule has 5 N–H and O–H groups in total. The Kier molecular flexibility index (Phi) is 6.98. The van der Waals surface area contributed by atoms with Crippen LogP contribution in [0.15, 0.2) is 18.2 Å². The smallest absolute Gasteiger partial charge is 0.233 e. The first-order valence-electron chi connectivity index (χ1n) is 11.0. The Balaban J connectivity index is 1.53. The second-order valence-electron chi connectivity index (χ2n) is 8.30. The number of aromatic hydroxyl groups is 1. The maximum Gasteiger partial charge on any atom is 0.233 e. The van der Waals surface area contributed by atoms with Crippen molar-refractivity contribution in [3.8, 4) is 5.75 Å². The van der Waals surface area contributed by atoms with Gasteiger partial charge in [0.25, 0.3) is 0 Å². The van der Waals surface area contributed by atoms with Crippen LogP contribution in [0.2, 0.25) is 0 Å².